The van der Waals surface area contributed by atoms with Crippen LogP contribution in [-0.4, -0.2) is 20.7 Å². The Labute approximate surface area is 179 Å². The number of hydrogen-bond acceptors (Lipinski definition) is 4. The van der Waals surface area contributed by atoms with E-state index in [-0.39, 0.29) is 5.91 Å². The number of benzene rings is 2. The first-order valence-corrected chi connectivity index (χ1v) is 10.5. The van der Waals surface area contributed by atoms with Crippen LogP contribution in [-0.2, 0) is 10.5 Å². The Morgan fingerprint density at radius 3 is 2.73 bits per heavy atom. The number of thioether (sulfide) groups is 1. The number of anilines is 1. The highest BCUT2D eigenvalue weighted by Gasteiger charge is 2.03. The number of para-hydroxylation sites is 1. The van der Waals surface area contributed by atoms with Crippen molar-refractivity contribution in [3.05, 3.63) is 109 Å². The molecule has 4 rings (SSSR count). The van der Waals surface area contributed by atoms with Crippen LogP contribution in [0.5, 0.6) is 0 Å². The molecule has 5 nitrogen and oxygen atoms in total. The number of nitrogens with zero attached hydrogens (tertiary/aromatic N) is 3. The highest BCUT2D eigenvalue weighted by Crippen LogP contribution is 2.22. The van der Waals surface area contributed by atoms with Crippen molar-refractivity contribution in [2.24, 2.45) is 0 Å². The number of pyridine rings is 1. The van der Waals surface area contributed by atoms with Crippen molar-refractivity contribution < 1.29 is 4.79 Å². The van der Waals surface area contributed by atoms with Crippen molar-refractivity contribution in [1.82, 2.24) is 14.8 Å². The first kappa shape index (κ1) is 19.7. The molecule has 2 heterocycles. The topological polar surface area (TPSA) is 59.8 Å². The number of nitrogens with one attached hydrogen (secondary N) is 1. The molecule has 1 N–H and O–H groups in total. The van der Waals surface area contributed by atoms with E-state index in [4.69, 9.17) is 0 Å². The summed E-state index contributed by atoms with van der Waals surface area (Å²) < 4.78 is 1.78. The van der Waals surface area contributed by atoms with E-state index in [1.165, 1.54) is 6.08 Å². The molecule has 0 atom stereocenters. The van der Waals surface area contributed by atoms with Gasteiger partial charge in [-0.25, -0.2) is 9.67 Å². The fourth-order valence-corrected chi connectivity index (χ4v) is 3.63. The van der Waals surface area contributed by atoms with Gasteiger partial charge in [0, 0.05) is 35.5 Å². The Morgan fingerprint density at radius 1 is 1.03 bits per heavy atom. The van der Waals surface area contributed by atoms with E-state index >= 15 is 0 Å². The summed E-state index contributed by atoms with van der Waals surface area (Å²) in [5.41, 5.74) is 3.72. The Hall–Kier alpha value is -3.64. The summed E-state index contributed by atoms with van der Waals surface area (Å²) >= 11 is 1.66. The molecule has 1 amide bonds. The first-order valence-electron chi connectivity index (χ1n) is 9.48. The molecule has 148 valence electrons. The maximum Gasteiger partial charge on any atom is 0.248 e. The minimum absolute atomic E-state index is 0.183. The van der Waals surface area contributed by atoms with Gasteiger partial charge in [0.15, 0.2) is 0 Å². The molecule has 0 aliphatic carbocycles. The highest BCUT2D eigenvalue weighted by molar-refractivity contribution is 7.98. The molecule has 0 aliphatic heterocycles. The Balaban J connectivity index is 1.34. The third kappa shape index (κ3) is 5.46. The van der Waals surface area contributed by atoms with E-state index in [0.29, 0.717) is 0 Å². The van der Waals surface area contributed by atoms with Crippen LogP contribution in [0.3, 0.4) is 0 Å². The standard InChI is InChI=1S/C24H20N4OS/c29-23(13-12-20-16-26-28(17-20)22-9-2-1-3-10-22)27-21-8-6-7-19(15-21)18-30-24-11-4-5-14-25-24/h1-17H,18H2,(H,27,29)/b13-12+. The normalized spacial score (nSPS) is 10.9. The predicted octanol–water partition coefficient (Wildman–Crippen LogP) is 5.21. The Bertz CT molecular complexity index is 1140. The zero-order valence-electron chi connectivity index (χ0n) is 16.2. The van der Waals surface area contributed by atoms with E-state index in [1.54, 1.807) is 34.9 Å². The minimum Gasteiger partial charge on any atom is -0.323 e. The van der Waals surface area contributed by atoms with Crippen LogP contribution < -0.4 is 5.32 Å². The average Bonchev–Trinajstić information content (AvgIpc) is 3.27. The molecule has 0 spiro atoms. The van der Waals surface area contributed by atoms with Crippen molar-refractivity contribution in [3.63, 3.8) is 0 Å². The largest absolute Gasteiger partial charge is 0.323 e. The van der Waals surface area contributed by atoms with Crippen LogP contribution in [0.4, 0.5) is 5.69 Å². The lowest BCUT2D eigenvalue weighted by atomic mass is 10.2. The molecular weight excluding hydrogens is 392 g/mol. The van der Waals surface area contributed by atoms with E-state index in [1.807, 2.05) is 79.0 Å². The smallest absolute Gasteiger partial charge is 0.248 e. The summed E-state index contributed by atoms with van der Waals surface area (Å²) in [6, 6.07) is 23.6. The van der Waals surface area contributed by atoms with Gasteiger partial charge in [0.2, 0.25) is 5.91 Å². The lowest BCUT2D eigenvalue weighted by molar-refractivity contribution is -0.111. The van der Waals surface area contributed by atoms with E-state index < -0.39 is 0 Å². The van der Waals surface area contributed by atoms with Crippen LogP contribution in [0.2, 0.25) is 0 Å². The van der Waals surface area contributed by atoms with E-state index in [2.05, 4.69) is 15.4 Å². The third-order valence-electron chi connectivity index (χ3n) is 4.27. The lowest BCUT2D eigenvalue weighted by Gasteiger charge is -2.06. The Kier molecular flexibility index (Phi) is 6.37. The number of aromatic nitrogens is 3. The molecule has 6 heteroatoms. The number of carbonyl (C=O) groups excluding carboxylic acids is 1. The van der Waals surface area contributed by atoms with Crippen LogP contribution >= 0.6 is 11.8 Å². The SMILES string of the molecule is O=C(/C=C/c1cnn(-c2ccccc2)c1)Nc1cccc(CSc2ccccn2)c1. The van der Waals surface area contributed by atoms with Crippen LogP contribution in [0.25, 0.3) is 11.8 Å². The minimum atomic E-state index is -0.183. The van der Waals surface area contributed by atoms with Gasteiger partial charge in [0.1, 0.15) is 0 Å². The number of rotatable bonds is 7. The van der Waals surface area contributed by atoms with Crippen LogP contribution in [0, 0.1) is 0 Å². The molecule has 0 bridgehead atoms. The summed E-state index contributed by atoms with van der Waals surface area (Å²) in [6.45, 7) is 0. The molecule has 0 saturated carbocycles. The summed E-state index contributed by atoms with van der Waals surface area (Å²) in [6.07, 6.45) is 8.67. The van der Waals surface area contributed by atoms with Gasteiger partial charge in [0.05, 0.1) is 16.9 Å². The molecule has 0 unspecified atom stereocenters. The zero-order chi connectivity index (χ0) is 20.6. The summed E-state index contributed by atoms with van der Waals surface area (Å²) in [5, 5.41) is 8.22. The third-order valence-corrected chi connectivity index (χ3v) is 5.28. The second kappa shape index (κ2) is 9.71. The number of hydrogen-bond donors (Lipinski definition) is 1. The second-order valence-electron chi connectivity index (χ2n) is 6.53. The summed E-state index contributed by atoms with van der Waals surface area (Å²) in [4.78, 5) is 16.6. The Morgan fingerprint density at radius 2 is 1.90 bits per heavy atom. The van der Waals surface area contributed by atoms with Crippen molar-refractivity contribution >= 4 is 29.4 Å². The zero-order valence-corrected chi connectivity index (χ0v) is 17.0. The number of carbonyl (C=O) groups is 1. The quantitative estimate of drug-likeness (QED) is 0.334. The molecule has 0 radical (unpaired) electrons. The van der Waals surface area contributed by atoms with Crippen molar-refractivity contribution in [2.45, 2.75) is 10.8 Å². The molecule has 0 fully saturated rings. The fourth-order valence-electron chi connectivity index (χ4n) is 2.83. The van der Waals surface area contributed by atoms with Crippen LogP contribution in [0.15, 0.2) is 102 Å². The van der Waals surface area contributed by atoms with Gasteiger partial charge in [-0.1, -0.05) is 36.4 Å². The predicted molar refractivity (Wildman–Crippen MR) is 121 cm³/mol. The van der Waals surface area contributed by atoms with E-state index in [0.717, 1.165) is 33.3 Å². The van der Waals surface area contributed by atoms with Crippen molar-refractivity contribution in [3.8, 4) is 5.69 Å². The number of amides is 1. The summed E-state index contributed by atoms with van der Waals surface area (Å²) in [5.74, 6) is 0.604. The van der Waals surface area contributed by atoms with Gasteiger partial charge in [-0.3, -0.25) is 4.79 Å². The van der Waals surface area contributed by atoms with Gasteiger partial charge < -0.3 is 5.32 Å². The van der Waals surface area contributed by atoms with Gasteiger partial charge in [-0.2, -0.15) is 5.10 Å². The van der Waals surface area contributed by atoms with E-state index in [9.17, 15) is 4.79 Å². The van der Waals surface area contributed by atoms with Crippen LogP contribution in [0.1, 0.15) is 11.1 Å². The highest BCUT2D eigenvalue weighted by atomic mass is 32.2. The van der Waals surface area contributed by atoms with Gasteiger partial charge >= 0.3 is 0 Å². The van der Waals surface area contributed by atoms with Crippen molar-refractivity contribution in [2.75, 3.05) is 5.32 Å². The maximum atomic E-state index is 12.3. The van der Waals surface area contributed by atoms with Gasteiger partial charge in [-0.05, 0) is 48.0 Å². The molecule has 30 heavy (non-hydrogen) atoms. The molecule has 0 aliphatic rings. The first-order chi connectivity index (χ1) is 14.8. The monoisotopic (exact) mass is 412 g/mol. The van der Waals surface area contributed by atoms with Crippen molar-refractivity contribution in [1.29, 1.82) is 0 Å². The fraction of sp³-hybridized carbons (Fsp3) is 0.0417. The lowest BCUT2D eigenvalue weighted by Crippen LogP contribution is -2.07. The molecule has 2 aromatic heterocycles. The second-order valence-corrected chi connectivity index (χ2v) is 7.53. The molecular formula is C24H20N4OS. The summed E-state index contributed by atoms with van der Waals surface area (Å²) in [7, 11) is 0. The maximum absolute atomic E-state index is 12.3. The van der Waals surface area contributed by atoms with Gasteiger partial charge in [0.25, 0.3) is 0 Å². The molecule has 0 saturated heterocycles. The molecule has 2 aromatic carbocycles. The van der Waals surface area contributed by atoms with Gasteiger partial charge in [-0.15, -0.1) is 11.8 Å². The molecule has 4 aromatic rings. The average molecular weight is 413 g/mol.